The maximum atomic E-state index is 5.69. The summed E-state index contributed by atoms with van der Waals surface area (Å²) in [5.41, 5.74) is 6.15. The first-order valence-electron chi connectivity index (χ1n) is 5.37. The molecule has 1 aromatic heterocycles. The van der Waals surface area contributed by atoms with E-state index in [2.05, 4.69) is 37.9 Å². The van der Waals surface area contributed by atoms with Crippen molar-refractivity contribution in [3.63, 3.8) is 0 Å². The second-order valence-corrected chi connectivity index (χ2v) is 5.64. The second-order valence-electron chi connectivity index (χ2n) is 5.64. The summed E-state index contributed by atoms with van der Waals surface area (Å²) in [7, 11) is 0. The number of nitrogens with zero attached hydrogens (tertiary/aromatic N) is 2. The number of hydrogen-bond acceptors (Lipinski definition) is 4. The van der Waals surface area contributed by atoms with Crippen molar-refractivity contribution in [2.45, 2.75) is 46.6 Å². The average molecular weight is 209 g/mol. The highest BCUT2D eigenvalue weighted by atomic mass is 16.4. The molecule has 84 valence electrons. The molecule has 1 aliphatic carbocycles. The van der Waals surface area contributed by atoms with E-state index >= 15 is 0 Å². The molecule has 0 aromatic carbocycles. The van der Waals surface area contributed by atoms with E-state index in [0.717, 1.165) is 5.89 Å². The van der Waals surface area contributed by atoms with Gasteiger partial charge in [-0.2, -0.15) is 0 Å². The Morgan fingerprint density at radius 1 is 1.20 bits per heavy atom. The summed E-state index contributed by atoms with van der Waals surface area (Å²) in [5.74, 6) is 1.62. The summed E-state index contributed by atoms with van der Waals surface area (Å²) in [6.07, 6.45) is 0. The van der Waals surface area contributed by atoms with Crippen LogP contribution in [0.4, 0.5) is 0 Å². The molecule has 1 saturated carbocycles. The Kier molecular flexibility index (Phi) is 1.99. The molecule has 0 saturated heterocycles. The molecule has 0 bridgehead atoms. The Morgan fingerprint density at radius 3 is 2.07 bits per heavy atom. The highest BCUT2D eigenvalue weighted by Crippen LogP contribution is 2.73. The highest BCUT2D eigenvalue weighted by molar-refractivity contribution is 5.24. The minimum Gasteiger partial charge on any atom is -0.423 e. The lowest BCUT2D eigenvalue weighted by Crippen LogP contribution is -2.04. The monoisotopic (exact) mass is 209 g/mol. The first-order chi connectivity index (χ1) is 6.78. The number of nitrogens with two attached hydrogens (primary N) is 1. The van der Waals surface area contributed by atoms with Crippen molar-refractivity contribution in [3.05, 3.63) is 11.8 Å². The van der Waals surface area contributed by atoms with E-state index in [9.17, 15) is 0 Å². The smallest absolute Gasteiger partial charge is 0.232 e. The Bertz CT molecular complexity index is 365. The van der Waals surface area contributed by atoms with Crippen molar-refractivity contribution in [2.24, 2.45) is 16.6 Å². The van der Waals surface area contributed by atoms with Crippen LogP contribution in [0.2, 0.25) is 0 Å². The van der Waals surface area contributed by atoms with Crippen LogP contribution in [0.15, 0.2) is 4.42 Å². The molecular weight excluding hydrogens is 190 g/mol. The summed E-state index contributed by atoms with van der Waals surface area (Å²) in [6.45, 7) is 10.8. The fourth-order valence-corrected chi connectivity index (χ4v) is 2.36. The summed E-state index contributed by atoms with van der Waals surface area (Å²) in [4.78, 5) is 0. The lowest BCUT2D eigenvalue weighted by molar-refractivity contribution is 0.412. The zero-order chi connectivity index (χ0) is 11.4. The lowest BCUT2D eigenvalue weighted by Gasteiger charge is -2.03. The van der Waals surface area contributed by atoms with E-state index in [4.69, 9.17) is 10.2 Å². The van der Waals surface area contributed by atoms with Crippen LogP contribution in [-0.2, 0) is 0 Å². The van der Waals surface area contributed by atoms with E-state index in [1.54, 1.807) is 0 Å². The quantitative estimate of drug-likeness (QED) is 0.811. The zero-order valence-electron chi connectivity index (χ0n) is 10.0. The van der Waals surface area contributed by atoms with Gasteiger partial charge in [0.2, 0.25) is 11.8 Å². The number of rotatable bonds is 2. The van der Waals surface area contributed by atoms with Crippen LogP contribution in [0.5, 0.6) is 0 Å². The molecule has 1 aromatic rings. The van der Waals surface area contributed by atoms with Crippen molar-refractivity contribution in [2.75, 3.05) is 0 Å². The molecule has 1 fully saturated rings. The molecular formula is C11H19N3O. The summed E-state index contributed by atoms with van der Waals surface area (Å²) in [5, 5.41) is 8.06. The first-order valence-corrected chi connectivity index (χ1v) is 5.37. The first kappa shape index (κ1) is 10.6. The maximum Gasteiger partial charge on any atom is 0.232 e. The van der Waals surface area contributed by atoms with Crippen LogP contribution >= 0.6 is 0 Å². The second kappa shape index (κ2) is 2.82. The van der Waals surface area contributed by atoms with Gasteiger partial charge in [0.25, 0.3) is 0 Å². The standard InChI is InChI=1S/C11H19N3O/c1-6(12)8-13-14-9(15-8)7-10(2,3)11(7,4)5/h6-7H,12H2,1-5H3. The van der Waals surface area contributed by atoms with E-state index < -0.39 is 0 Å². The van der Waals surface area contributed by atoms with Gasteiger partial charge in [-0.25, -0.2) is 0 Å². The predicted octanol–water partition coefficient (Wildman–Crippen LogP) is 2.24. The van der Waals surface area contributed by atoms with Gasteiger partial charge in [0.1, 0.15) is 0 Å². The lowest BCUT2D eigenvalue weighted by atomic mass is 10.0. The van der Waals surface area contributed by atoms with Gasteiger partial charge in [0.05, 0.1) is 6.04 Å². The highest BCUT2D eigenvalue weighted by Gasteiger charge is 2.67. The van der Waals surface area contributed by atoms with Crippen LogP contribution < -0.4 is 5.73 Å². The van der Waals surface area contributed by atoms with Crippen LogP contribution in [0.1, 0.15) is 58.4 Å². The Labute approximate surface area is 90.3 Å². The molecule has 2 N–H and O–H groups in total. The molecule has 0 radical (unpaired) electrons. The minimum absolute atomic E-state index is 0.184. The van der Waals surface area contributed by atoms with E-state index in [-0.39, 0.29) is 16.9 Å². The summed E-state index contributed by atoms with van der Waals surface area (Å²) >= 11 is 0. The Balaban J connectivity index is 2.26. The predicted molar refractivity (Wildman–Crippen MR) is 57.2 cm³/mol. The van der Waals surface area contributed by atoms with Gasteiger partial charge in [0.15, 0.2) is 0 Å². The molecule has 15 heavy (non-hydrogen) atoms. The van der Waals surface area contributed by atoms with Crippen molar-refractivity contribution in [1.29, 1.82) is 0 Å². The molecule has 4 nitrogen and oxygen atoms in total. The average Bonchev–Trinajstić information content (AvgIpc) is 2.52. The van der Waals surface area contributed by atoms with E-state index in [0.29, 0.717) is 11.8 Å². The van der Waals surface area contributed by atoms with Crippen LogP contribution in [0.25, 0.3) is 0 Å². The number of hydrogen-bond donors (Lipinski definition) is 1. The normalized spacial score (nSPS) is 25.2. The van der Waals surface area contributed by atoms with Crippen LogP contribution in [0, 0.1) is 10.8 Å². The molecule has 1 aliphatic rings. The van der Waals surface area contributed by atoms with Gasteiger partial charge in [-0.05, 0) is 17.8 Å². The molecule has 2 rings (SSSR count). The topological polar surface area (TPSA) is 64.9 Å². The van der Waals surface area contributed by atoms with Crippen LogP contribution in [-0.4, -0.2) is 10.2 Å². The van der Waals surface area contributed by atoms with Gasteiger partial charge < -0.3 is 10.2 Å². The maximum absolute atomic E-state index is 5.69. The fraction of sp³-hybridized carbons (Fsp3) is 0.818. The molecule has 4 heteroatoms. The van der Waals surface area contributed by atoms with E-state index in [1.807, 2.05) is 6.92 Å². The third-order valence-corrected chi connectivity index (χ3v) is 4.11. The molecule has 1 unspecified atom stereocenters. The molecule has 1 atom stereocenters. The number of aromatic nitrogens is 2. The van der Waals surface area contributed by atoms with Gasteiger partial charge in [-0.3, -0.25) is 0 Å². The van der Waals surface area contributed by atoms with Gasteiger partial charge in [-0.1, -0.05) is 27.7 Å². The molecule has 0 spiro atoms. The summed E-state index contributed by atoms with van der Waals surface area (Å²) in [6, 6.07) is -0.184. The minimum atomic E-state index is -0.184. The Hall–Kier alpha value is -0.900. The fourth-order valence-electron chi connectivity index (χ4n) is 2.36. The third-order valence-electron chi connectivity index (χ3n) is 4.11. The Morgan fingerprint density at radius 2 is 1.73 bits per heavy atom. The van der Waals surface area contributed by atoms with Gasteiger partial charge in [0, 0.05) is 5.92 Å². The van der Waals surface area contributed by atoms with Crippen molar-refractivity contribution in [3.8, 4) is 0 Å². The van der Waals surface area contributed by atoms with Crippen molar-refractivity contribution < 1.29 is 4.42 Å². The summed E-state index contributed by atoms with van der Waals surface area (Å²) < 4.78 is 5.59. The largest absolute Gasteiger partial charge is 0.423 e. The van der Waals surface area contributed by atoms with Gasteiger partial charge in [-0.15, -0.1) is 10.2 Å². The zero-order valence-corrected chi connectivity index (χ0v) is 10.0. The van der Waals surface area contributed by atoms with Crippen molar-refractivity contribution >= 4 is 0 Å². The van der Waals surface area contributed by atoms with Crippen LogP contribution in [0.3, 0.4) is 0 Å². The molecule has 1 heterocycles. The van der Waals surface area contributed by atoms with Gasteiger partial charge >= 0.3 is 0 Å². The van der Waals surface area contributed by atoms with E-state index in [1.165, 1.54) is 0 Å². The molecule has 0 aliphatic heterocycles. The van der Waals surface area contributed by atoms with Crippen molar-refractivity contribution in [1.82, 2.24) is 10.2 Å². The molecule has 0 amide bonds. The third kappa shape index (κ3) is 1.31. The SMILES string of the molecule is CC(N)c1nnc(C2C(C)(C)C2(C)C)o1.